The first-order valence-electron chi connectivity index (χ1n) is 6.58. The van der Waals surface area contributed by atoms with Gasteiger partial charge in [-0.2, -0.15) is 13.2 Å². The molecule has 3 nitrogen and oxygen atoms in total. The Morgan fingerprint density at radius 1 is 1.25 bits per heavy atom. The largest absolute Gasteiger partial charge is 0.489 e. The molecule has 0 N–H and O–H groups in total. The quantitative estimate of drug-likeness (QED) is 0.765. The minimum absolute atomic E-state index is 0.0884. The van der Waals surface area contributed by atoms with Crippen LogP contribution in [0.15, 0.2) is 12.4 Å². The molecule has 1 fully saturated rings. The normalized spacial score (nSPS) is 23.6. The van der Waals surface area contributed by atoms with E-state index in [9.17, 15) is 13.2 Å². The Morgan fingerprint density at radius 3 is 2.55 bits per heavy atom. The predicted octanol–water partition coefficient (Wildman–Crippen LogP) is 4.09. The first kappa shape index (κ1) is 15.5. The Morgan fingerprint density at radius 2 is 1.95 bits per heavy atom. The Hall–Kier alpha value is -0.850. The highest BCUT2D eigenvalue weighted by Crippen LogP contribution is 2.42. The van der Waals surface area contributed by atoms with Crippen molar-refractivity contribution < 1.29 is 17.9 Å². The SMILES string of the molecule is FC(F)(F)C1CCCC(c2ncc(OCCBr)cn2)C1. The van der Waals surface area contributed by atoms with Crippen molar-refractivity contribution >= 4 is 15.9 Å². The van der Waals surface area contributed by atoms with Crippen molar-refractivity contribution in [3.8, 4) is 5.75 Å². The summed E-state index contributed by atoms with van der Waals surface area (Å²) in [5.74, 6) is -0.406. The standard InChI is InChI=1S/C13H16BrF3N2O/c14-4-5-20-11-7-18-12(19-8-11)9-2-1-3-10(6-9)13(15,16)17/h7-10H,1-6H2. The van der Waals surface area contributed by atoms with E-state index in [0.29, 0.717) is 36.4 Å². The van der Waals surface area contributed by atoms with E-state index >= 15 is 0 Å². The number of halogens is 4. The van der Waals surface area contributed by atoms with E-state index in [1.807, 2.05) is 0 Å². The van der Waals surface area contributed by atoms with E-state index in [-0.39, 0.29) is 18.8 Å². The van der Waals surface area contributed by atoms with Crippen LogP contribution in [0.4, 0.5) is 13.2 Å². The summed E-state index contributed by atoms with van der Waals surface area (Å²) in [6.45, 7) is 0.502. The molecule has 1 saturated carbocycles. The van der Waals surface area contributed by atoms with Crippen molar-refractivity contribution in [1.29, 1.82) is 0 Å². The van der Waals surface area contributed by atoms with Crippen LogP contribution in [0.1, 0.15) is 37.4 Å². The second-order valence-electron chi connectivity index (χ2n) is 4.92. The summed E-state index contributed by atoms with van der Waals surface area (Å²) in [5.41, 5.74) is 0. The van der Waals surface area contributed by atoms with Gasteiger partial charge in [0.1, 0.15) is 5.82 Å². The highest BCUT2D eigenvalue weighted by atomic mass is 79.9. The maximum Gasteiger partial charge on any atom is 0.391 e. The molecule has 0 aromatic carbocycles. The first-order valence-corrected chi connectivity index (χ1v) is 7.70. The fraction of sp³-hybridized carbons (Fsp3) is 0.692. The molecule has 0 amide bonds. The third-order valence-electron chi connectivity index (χ3n) is 3.50. The highest BCUT2D eigenvalue weighted by molar-refractivity contribution is 9.09. The summed E-state index contributed by atoms with van der Waals surface area (Å²) in [5, 5.41) is 0.699. The molecule has 112 valence electrons. The summed E-state index contributed by atoms with van der Waals surface area (Å²) in [6.07, 6.45) is 0.535. The Labute approximate surface area is 124 Å². The molecule has 7 heteroatoms. The smallest absolute Gasteiger partial charge is 0.391 e. The zero-order valence-electron chi connectivity index (χ0n) is 10.9. The molecular weight excluding hydrogens is 337 g/mol. The van der Waals surface area contributed by atoms with Gasteiger partial charge in [-0.1, -0.05) is 22.4 Å². The lowest BCUT2D eigenvalue weighted by molar-refractivity contribution is -0.183. The van der Waals surface area contributed by atoms with Crippen LogP contribution in [0.25, 0.3) is 0 Å². The highest BCUT2D eigenvalue weighted by Gasteiger charge is 2.42. The molecule has 2 rings (SSSR count). The second kappa shape index (κ2) is 6.74. The fourth-order valence-corrected chi connectivity index (χ4v) is 2.65. The van der Waals surface area contributed by atoms with Gasteiger partial charge in [0, 0.05) is 11.2 Å². The minimum Gasteiger partial charge on any atom is -0.489 e. The van der Waals surface area contributed by atoms with E-state index in [1.54, 1.807) is 0 Å². The van der Waals surface area contributed by atoms with Crippen molar-refractivity contribution in [2.24, 2.45) is 5.92 Å². The first-order chi connectivity index (χ1) is 9.50. The van der Waals surface area contributed by atoms with Gasteiger partial charge in [0.2, 0.25) is 0 Å². The van der Waals surface area contributed by atoms with Gasteiger partial charge in [-0.3, -0.25) is 0 Å². The molecule has 1 aromatic heterocycles. The number of hydrogen-bond acceptors (Lipinski definition) is 3. The Kier molecular flexibility index (Phi) is 5.23. The summed E-state index contributed by atoms with van der Waals surface area (Å²) < 4.78 is 43.6. The molecule has 1 aliphatic carbocycles. The number of ether oxygens (including phenoxy) is 1. The molecule has 0 spiro atoms. The third kappa shape index (κ3) is 4.07. The molecule has 0 aliphatic heterocycles. The van der Waals surface area contributed by atoms with Crippen LogP contribution >= 0.6 is 15.9 Å². The predicted molar refractivity (Wildman–Crippen MR) is 72.1 cm³/mol. The summed E-state index contributed by atoms with van der Waals surface area (Å²) in [4.78, 5) is 8.31. The average molecular weight is 353 g/mol. The Bertz CT molecular complexity index is 425. The maximum atomic E-state index is 12.8. The number of nitrogens with zero attached hydrogens (tertiary/aromatic N) is 2. The van der Waals surface area contributed by atoms with E-state index in [0.717, 1.165) is 0 Å². The van der Waals surface area contributed by atoms with Gasteiger partial charge >= 0.3 is 6.18 Å². The van der Waals surface area contributed by atoms with Crippen molar-refractivity contribution in [1.82, 2.24) is 9.97 Å². The summed E-state index contributed by atoms with van der Waals surface area (Å²) >= 11 is 3.24. The average Bonchev–Trinajstić information content (AvgIpc) is 2.45. The number of rotatable bonds is 4. The minimum atomic E-state index is -4.11. The molecule has 1 aromatic rings. The van der Waals surface area contributed by atoms with Crippen molar-refractivity contribution in [3.05, 3.63) is 18.2 Å². The van der Waals surface area contributed by atoms with Gasteiger partial charge in [0.15, 0.2) is 5.75 Å². The fourth-order valence-electron chi connectivity index (χ4n) is 2.49. The number of aromatic nitrogens is 2. The maximum absolute atomic E-state index is 12.8. The van der Waals surface area contributed by atoms with Crippen molar-refractivity contribution in [2.75, 3.05) is 11.9 Å². The molecule has 2 atom stereocenters. The third-order valence-corrected chi connectivity index (χ3v) is 3.82. The lowest BCUT2D eigenvalue weighted by Crippen LogP contribution is -2.28. The molecular formula is C13H16BrF3N2O. The van der Waals surface area contributed by atoms with E-state index in [2.05, 4.69) is 25.9 Å². The van der Waals surface area contributed by atoms with Crippen molar-refractivity contribution in [2.45, 2.75) is 37.8 Å². The van der Waals surface area contributed by atoms with Gasteiger partial charge in [0.05, 0.1) is 24.9 Å². The van der Waals surface area contributed by atoms with Gasteiger partial charge in [-0.25, -0.2) is 9.97 Å². The van der Waals surface area contributed by atoms with Crippen LogP contribution in [-0.4, -0.2) is 28.1 Å². The molecule has 0 saturated heterocycles. The zero-order valence-corrected chi connectivity index (χ0v) is 12.5. The molecule has 0 radical (unpaired) electrons. The van der Waals surface area contributed by atoms with Gasteiger partial charge in [-0.05, 0) is 19.3 Å². The van der Waals surface area contributed by atoms with Crippen LogP contribution in [0, 0.1) is 5.92 Å². The molecule has 1 aliphatic rings. The lowest BCUT2D eigenvalue weighted by atomic mass is 9.80. The van der Waals surface area contributed by atoms with E-state index < -0.39 is 12.1 Å². The van der Waals surface area contributed by atoms with Gasteiger partial charge in [-0.15, -0.1) is 0 Å². The summed E-state index contributed by atoms with van der Waals surface area (Å²) in [7, 11) is 0. The molecule has 0 bridgehead atoms. The molecule has 2 unspecified atom stereocenters. The topological polar surface area (TPSA) is 35.0 Å². The van der Waals surface area contributed by atoms with Gasteiger partial charge < -0.3 is 4.74 Å². The van der Waals surface area contributed by atoms with Crippen LogP contribution in [0.3, 0.4) is 0 Å². The number of hydrogen-bond donors (Lipinski definition) is 0. The van der Waals surface area contributed by atoms with E-state index in [4.69, 9.17) is 4.74 Å². The van der Waals surface area contributed by atoms with Crippen molar-refractivity contribution in [3.63, 3.8) is 0 Å². The van der Waals surface area contributed by atoms with Crippen LogP contribution in [0.5, 0.6) is 5.75 Å². The van der Waals surface area contributed by atoms with Crippen LogP contribution in [0.2, 0.25) is 0 Å². The van der Waals surface area contributed by atoms with Crippen LogP contribution < -0.4 is 4.74 Å². The van der Waals surface area contributed by atoms with Gasteiger partial charge in [0.25, 0.3) is 0 Å². The monoisotopic (exact) mass is 352 g/mol. The molecule has 1 heterocycles. The van der Waals surface area contributed by atoms with E-state index in [1.165, 1.54) is 12.4 Å². The number of alkyl halides is 4. The lowest BCUT2D eigenvalue weighted by Gasteiger charge is -2.29. The Balaban J connectivity index is 2.00. The van der Waals surface area contributed by atoms with Crippen LogP contribution in [-0.2, 0) is 0 Å². The zero-order chi connectivity index (χ0) is 14.6. The summed E-state index contributed by atoms with van der Waals surface area (Å²) in [6, 6.07) is 0. The second-order valence-corrected chi connectivity index (χ2v) is 5.71. The molecule has 20 heavy (non-hydrogen) atoms.